The molecule has 0 radical (unpaired) electrons. The topological polar surface area (TPSA) is 46.3 Å². The Bertz CT molecular complexity index is 330. The molecule has 0 aliphatic heterocycles. The predicted molar refractivity (Wildman–Crippen MR) is 63.7 cm³/mol. The molecule has 1 aromatic rings. The van der Waals surface area contributed by atoms with Gasteiger partial charge in [-0.25, -0.2) is 0 Å². The van der Waals surface area contributed by atoms with Crippen LogP contribution in [-0.2, 0) is 4.79 Å². The maximum absolute atomic E-state index is 11.9. The molecule has 0 saturated heterocycles. The average molecular weight is 206 g/mol. The van der Waals surface area contributed by atoms with E-state index >= 15 is 0 Å². The number of anilines is 2. The second kappa shape index (κ2) is 4.82. The smallest absolute Gasteiger partial charge is 0.229 e. The van der Waals surface area contributed by atoms with Crippen molar-refractivity contribution < 1.29 is 4.79 Å². The number of carbonyl (C=O) groups is 1. The molecular weight excluding hydrogens is 188 g/mol. The van der Waals surface area contributed by atoms with Crippen LogP contribution >= 0.6 is 0 Å². The number of carbonyl (C=O) groups excluding carboxylic acids is 1. The molecule has 82 valence electrons. The zero-order valence-corrected chi connectivity index (χ0v) is 9.53. The fraction of sp³-hybridized carbons (Fsp3) is 0.417. The summed E-state index contributed by atoms with van der Waals surface area (Å²) in [6, 6.07) is 7.37. The highest BCUT2D eigenvalue weighted by molar-refractivity contribution is 5.94. The molecule has 0 spiro atoms. The second-order valence-corrected chi connectivity index (χ2v) is 3.83. The lowest BCUT2D eigenvalue weighted by Crippen LogP contribution is -2.33. The fourth-order valence-electron chi connectivity index (χ4n) is 1.43. The van der Waals surface area contributed by atoms with Crippen molar-refractivity contribution in [2.24, 2.45) is 5.92 Å². The van der Waals surface area contributed by atoms with Gasteiger partial charge in [-0.2, -0.15) is 0 Å². The van der Waals surface area contributed by atoms with Crippen molar-refractivity contribution in [3.63, 3.8) is 0 Å². The van der Waals surface area contributed by atoms with Crippen molar-refractivity contribution in [2.75, 3.05) is 17.2 Å². The number of benzene rings is 1. The van der Waals surface area contributed by atoms with Crippen LogP contribution in [0.3, 0.4) is 0 Å². The summed E-state index contributed by atoms with van der Waals surface area (Å²) in [5.74, 6) is 0.157. The Balaban J connectivity index is 2.92. The number of hydrogen-bond donors (Lipinski definition) is 1. The van der Waals surface area contributed by atoms with Crippen molar-refractivity contribution in [2.45, 2.75) is 20.8 Å². The molecule has 0 heterocycles. The first-order chi connectivity index (χ1) is 7.06. The minimum absolute atomic E-state index is 0.0162. The molecular formula is C12H18N2O. The van der Waals surface area contributed by atoms with Gasteiger partial charge in [0.05, 0.1) is 0 Å². The number of rotatable bonds is 3. The Morgan fingerprint density at radius 1 is 1.33 bits per heavy atom. The van der Waals surface area contributed by atoms with Crippen LogP contribution < -0.4 is 10.6 Å². The Kier molecular flexibility index (Phi) is 3.72. The monoisotopic (exact) mass is 206 g/mol. The van der Waals surface area contributed by atoms with E-state index in [1.165, 1.54) is 0 Å². The normalized spacial score (nSPS) is 10.4. The van der Waals surface area contributed by atoms with Gasteiger partial charge in [0, 0.05) is 23.8 Å². The van der Waals surface area contributed by atoms with E-state index in [4.69, 9.17) is 5.73 Å². The van der Waals surface area contributed by atoms with Crippen LogP contribution in [0.15, 0.2) is 24.3 Å². The predicted octanol–water partition coefficient (Wildman–Crippen LogP) is 2.28. The van der Waals surface area contributed by atoms with Gasteiger partial charge in [0.15, 0.2) is 0 Å². The van der Waals surface area contributed by atoms with Crippen LogP contribution in [0, 0.1) is 5.92 Å². The molecule has 2 N–H and O–H groups in total. The van der Waals surface area contributed by atoms with Crippen molar-refractivity contribution >= 4 is 17.3 Å². The Morgan fingerprint density at radius 3 is 2.27 bits per heavy atom. The van der Waals surface area contributed by atoms with Crippen LogP contribution in [-0.4, -0.2) is 12.5 Å². The van der Waals surface area contributed by atoms with Gasteiger partial charge in [-0.1, -0.05) is 13.8 Å². The largest absolute Gasteiger partial charge is 0.399 e. The molecule has 0 aromatic heterocycles. The van der Waals surface area contributed by atoms with Crippen molar-refractivity contribution in [1.29, 1.82) is 0 Å². The summed E-state index contributed by atoms with van der Waals surface area (Å²) in [6.07, 6.45) is 0. The number of hydrogen-bond acceptors (Lipinski definition) is 2. The Hall–Kier alpha value is -1.51. The minimum Gasteiger partial charge on any atom is -0.399 e. The molecule has 0 bridgehead atoms. The van der Waals surface area contributed by atoms with E-state index in [-0.39, 0.29) is 11.8 Å². The number of nitrogens with zero attached hydrogens (tertiary/aromatic N) is 1. The second-order valence-electron chi connectivity index (χ2n) is 3.83. The third kappa shape index (κ3) is 2.72. The third-order valence-electron chi connectivity index (χ3n) is 2.28. The lowest BCUT2D eigenvalue weighted by atomic mass is 10.1. The molecule has 1 rings (SSSR count). The molecule has 3 heteroatoms. The lowest BCUT2D eigenvalue weighted by Gasteiger charge is -2.23. The van der Waals surface area contributed by atoms with E-state index in [0.717, 1.165) is 5.69 Å². The van der Waals surface area contributed by atoms with E-state index in [1.54, 1.807) is 4.90 Å². The summed E-state index contributed by atoms with van der Waals surface area (Å²) in [5.41, 5.74) is 7.22. The highest BCUT2D eigenvalue weighted by atomic mass is 16.2. The van der Waals surface area contributed by atoms with Gasteiger partial charge in [-0.05, 0) is 31.2 Å². The molecule has 0 atom stereocenters. The molecule has 3 nitrogen and oxygen atoms in total. The standard InChI is InChI=1S/C12H18N2O/c1-4-14(12(15)9(2)3)11-7-5-10(13)6-8-11/h5-9H,4,13H2,1-3H3. The Morgan fingerprint density at radius 2 is 1.87 bits per heavy atom. The summed E-state index contributed by atoms with van der Waals surface area (Å²) in [6.45, 7) is 6.46. The quantitative estimate of drug-likeness (QED) is 0.771. The van der Waals surface area contributed by atoms with Crippen molar-refractivity contribution in [3.05, 3.63) is 24.3 Å². The van der Waals surface area contributed by atoms with Gasteiger partial charge in [0.1, 0.15) is 0 Å². The SMILES string of the molecule is CCN(C(=O)C(C)C)c1ccc(N)cc1. The molecule has 0 aliphatic rings. The van der Waals surface area contributed by atoms with Crippen LogP contribution in [0.5, 0.6) is 0 Å². The van der Waals surface area contributed by atoms with Gasteiger partial charge >= 0.3 is 0 Å². The van der Waals surface area contributed by atoms with Gasteiger partial charge < -0.3 is 10.6 Å². The summed E-state index contributed by atoms with van der Waals surface area (Å²) in [4.78, 5) is 13.6. The molecule has 0 fully saturated rings. The van der Waals surface area contributed by atoms with Crippen molar-refractivity contribution in [1.82, 2.24) is 0 Å². The maximum atomic E-state index is 11.9. The zero-order chi connectivity index (χ0) is 11.4. The van der Waals surface area contributed by atoms with Gasteiger partial charge in [-0.3, -0.25) is 4.79 Å². The van der Waals surface area contributed by atoms with Gasteiger partial charge in [0.25, 0.3) is 0 Å². The number of amides is 1. The molecule has 0 aliphatic carbocycles. The molecule has 15 heavy (non-hydrogen) atoms. The molecule has 0 saturated carbocycles. The minimum atomic E-state index is 0.0162. The van der Waals surface area contributed by atoms with Gasteiger partial charge in [-0.15, -0.1) is 0 Å². The van der Waals surface area contributed by atoms with E-state index in [1.807, 2.05) is 45.0 Å². The van der Waals surface area contributed by atoms with E-state index in [0.29, 0.717) is 12.2 Å². The Labute approximate surface area is 90.9 Å². The average Bonchev–Trinajstić information content (AvgIpc) is 2.21. The van der Waals surface area contributed by atoms with Crippen LogP contribution in [0.2, 0.25) is 0 Å². The van der Waals surface area contributed by atoms with E-state index in [9.17, 15) is 4.79 Å². The first-order valence-electron chi connectivity index (χ1n) is 5.23. The van der Waals surface area contributed by atoms with E-state index in [2.05, 4.69) is 0 Å². The maximum Gasteiger partial charge on any atom is 0.229 e. The van der Waals surface area contributed by atoms with Crippen molar-refractivity contribution in [3.8, 4) is 0 Å². The number of nitrogen functional groups attached to an aromatic ring is 1. The lowest BCUT2D eigenvalue weighted by molar-refractivity contribution is -0.121. The zero-order valence-electron chi connectivity index (χ0n) is 9.53. The van der Waals surface area contributed by atoms with Crippen LogP contribution in [0.25, 0.3) is 0 Å². The first kappa shape index (κ1) is 11.6. The summed E-state index contributed by atoms with van der Waals surface area (Å²) in [7, 11) is 0. The first-order valence-corrected chi connectivity index (χ1v) is 5.23. The summed E-state index contributed by atoms with van der Waals surface area (Å²) < 4.78 is 0. The highest BCUT2D eigenvalue weighted by Crippen LogP contribution is 2.18. The molecule has 0 unspecified atom stereocenters. The summed E-state index contributed by atoms with van der Waals surface area (Å²) >= 11 is 0. The van der Waals surface area contributed by atoms with Crippen LogP contribution in [0.4, 0.5) is 11.4 Å². The highest BCUT2D eigenvalue weighted by Gasteiger charge is 2.16. The molecule has 1 amide bonds. The van der Waals surface area contributed by atoms with E-state index < -0.39 is 0 Å². The van der Waals surface area contributed by atoms with Gasteiger partial charge in [0.2, 0.25) is 5.91 Å². The van der Waals surface area contributed by atoms with Crippen LogP contribution in [0.1, 0.15) is 20.8 Å². The third-order valence-corrected chi connectivity index (χ3v) is 2.28. The number of nitrogens with two attached hydrogens (primary N) is 1. The molecule has 1 aromatic carbocycles. The summed E-state index contributed by atoms with van der Waals surface area (Å²) in [5, 5.41) is 0. The fourth-order valence-corrected chi connectivity index (χ4v) is 1.43.